The monoisotopic (exact) mass is 246 g/mol. The van der Waals surface area contributed by atoms with Gasteiger partial charge in [0.2, 0.25) is 11.7 Å². The lowest BCUT2D eigenvalue weighted by Gasteiger charge is -2.01. The quantitative estimate of drug-likeness (QED) is 0.781. The summed E-state index contributed by atoms with van der Waals surface area (Å²) in [6.45, 7) is 1.93. The van der Waals surface area contributed by atoms with E-state index in [0.717, 1.165) is 11.1 Å². The van der Waals surface area contributed by atoms with Crippen LogP contribution < -0.4 is 0 Å². The van der Waals surface area contributed by atoms with Gasteiger partial charge in [0.15, 0.2) is 0 Å². The van der Waals surface area contributed by atoms with E-state index >= 15 is 0 Å². The molecule has 0 saturated heterocycles. The number of benzene rings is 1. The minimum absolute atomic E-state index is 0.553. The Hall–Kier alpha value is -1.79. The zero-order valence-corrected chi connectivity index (χ0v) is 10.2. The van der Waals surface area contributed by atoms with Crippen LogP contribution in [-0.2, 0) is 6.42 Å². The van der Waals surface area contributed by atoms with Crippen molar-refractivity contribution in [1.82, 2.24) is 10.1 Å². The van der Waals surface area contributed by atoms with Gasteiger partial charge in [-0.15, -0.1) is 12.3 Å². The minimum atomic E-state index is 0.553. The zero-order chi connectivity index (χ0) is 12.3. The van der Waals surface area contributed by atoms with Crippen molar-refractivity contribution >= 4 is 11.6 Å². The fraction of sp³-hybridized carbons (Fsp3) is 0.231. The lowest BCUT2D eigenvalue weighted by atomic mass is 10.1. The van der Waals surface area contributed by atoms with E-state index in [0.29, 0.717) is 29.6 Å². The topological polar surface area (TPSA) is 38.9 Å². The number of halogens is 1. The normalized spacial score (nSPS) is 10.2. The molecule has 0 N–H and O–H groups in total. The van der Waals surface area contributed by atoms with E-state index in [9.17, 15) is 0 Å². The maximum Gasteiger partial charge on any atom is 0.227 e. The summed E-state index contributed by atoms with van der Waals surface area (Å²) in [6, 6.07) is 5.61. The van der Waals surface area contributed by atoms with Crippen LogP contribution in [-0.4, -0.2) is 10.1 Å². The molecule has 0 bridgehead atoms. The first-order valence-electron chi connectivity index (χ1n) is 5.24. The van der Waals surface area contributed by atoms with Gasteiger partial charge in [0, 0.05) is 23.4 Å². The highest BCUT2D eigenvalue weighted by molar-refractivity contribution is 6.31. The van der Waals surface area contributed by atoms with Gasteiger partial charge >= 0.3 is 0 Å². The van der Waals surface area contributed by atoms with E-state index < -0.39 is 0 Å². The molecule has 0 fully saturated rings. The molecular weight excluding hydrogens is 236 g/mol. The second kappa shape index (κ2) is 5.03. The average Bonchev–Trinajstić information content (AvgIpc) is 2.78. The largest absolute Gasteiger partial charge is 0.339 e. The first-order chi connectivity index (χ1) is 8.22. The smallest absolute Gasteiger partial charge is 0.227 e. The Labute approximate surface area is 105 Å². The molecule has 0 aliphatic rings. The number of rotatable bonds is 3. The van der Waals surface area contributed by atoms with Crippen LogP contribution in [0.4, 0.5) is 0 Å². The molecule has 4 heteroatoms. The molecule has 1 aromatic carbocycles. The lowest BCUT2D eigenvalue weighted by Crippen LogP contribution is -1.87. The summed E-state index contributed by atoms with van der Waals surface area (Å²) in [5.74, 6) is 3.64. The number of aryl methyl sites for hydroxylation is 1. The molecule has 17 heavy (non-hydrogen) atoms. The molecule has 0 radical (unpaired) electrons. The molecule has 0 unspecified atom stereocenters. The Kier molecular flexibility index (Phi) is 3.46. The van der Waals surface area contributed by atoms with Crippen LogP contribution in [0.15, 0.2) is 22.7 Å². The summed E-state index contributed by atoms with van der Waals surface area (Å²) in [5, 5.41) is 4.62. The molecular formula is C13H11ClN2O. The number of terminal acetylenes is 1. The van der Waals surface area contributed by atoms with Gasteiger partial charge in [-0.2, -0.15) is 4.98 Å². The molecule has 86 valence electrons. The third kappa shape index (κ3) is 2.48. The van der Waals surface area contributed by atoms with Gasteiger partial charge in [0.1, 0.15) is 0 Å². The van der Waals surface area contributed by atoms with Gasteiger partial charge in [-0.1, -0.05) is 28.9 Å². The number of hydrogen-bond acceptors (Lipinski definition) is 3. The fourth-order valence-corrected chi connectivity index (χ4v) is 1.67. The van der Waals surface area contributed by atoms with Gasteiger partial charge in [-0.3, -0.25) is 0 Å². The van der Waals surface area contributed by atoms with Gasteiger partial charge < -0.3 is 4.52 Å². The van der Waals surface area contributed by atoms with Crippen LogP contribution in [0.3, 0.4) is 0 Å². The van der Waals surface area contributed by atoms with Crippen molar-refractivity contribution in [2.24, 2.45) is 0 Å². The van der Waals surface area contributed by atoms with Crippen molar-refractivity contribution in [2.75, 3.05) is 0 Å². The Balaban J connectivity index is 2.31. The minimum Gasteiger partial charge on any atom is -0.339 e. The maximum absolute atomic E-state index is 6.04. The number of aromatic nitrogens is 2. The molecule has 0 spiro atoms. The SMILES string of the molecule is C#CCCc1nc(-c2cccc(Cl)c2C)no1. The first-order valence-corrected chi connectivity index (χ1v) is 5.61. The molecule has 1 aromatic heterocycles. The Morgan fingerprint density at radius 3 is 3.06 bits per heavy atom. The molecule has 2 aromatic rings. The molecule has 0 aliphatic carbocycles. The summed E-state index contributed by atoms with van der Waals surface area (Å²) in [7, 11) is 0. The zero-order valence-electron chi connectivity index (χ0n) is 9.40. The summed E-state index contributed by atoms with van der Waals surface area (Å²) in [5.41, 5.74) is 1.83. The van der Waals surface area contributed by atoms with Crippen molar-refractivity contribution in [3.05, 3.63) is 34.7 Å². The van der Waals surface area contributed by atoms with Crippen LogP contribution in [0, 0.1) is 19.3 Å². The predicted molar refractivity (Wildman–Crippen MR) is 66.6 cm³/mol. The highest BCUT2D eigenvalue weighted by Gasteiger charge is 2.11. The third-order valence-corrected chi connectivity index (χ3v) is 2.87. The fourth-order valence-electron chi connectivity index (χ4n) is 1.49. The summed E-state index contributed by atoms with van der Waals surface area (Å²) in [4.78, 5) is 4.29. The second-order valence-electron chi connectivity index (χ2n) is 3.63. The predicted octanol–water partition coefficient (Wildman–Crippen LogP) is 3.26. The van der Waals surface area contributed by atoms with E-state index in [1.807, 2.05) is 25.1 Å². The summed E-state index contributed by atoms with van der Waals surface area (Å²) >= 11 is 6.04. The first kappa shape index (κ1) is 11.7. The van der Waals surface area contributed by atoms with E-state index in [1.54, 1.807) is 0 Å². The highest BCUT2D eigenvalue weighted by Crippen LogP contribution is 2.26. The van der Waals surface area contributed by atoms with Crippen molar-refractivity contribution in [3.63, 3.8) is 0 Å². The van der Waals surface area contributed by atoms with Gasteiger partial charge in [0.25, 0.3) is 0 Å². The lowest BCUT2D eigenvalue weighted by molar-refractivity contribution is 0.380. The van der Waals surface area contributed by atoms with E-state index in [1.165, 1.54) is 0 Å². The Morgan fingerprint density at radius 1 is 1.47 bits per heavy atom. The van der Waals surface area contributed by atoms with E-state index in [4.69, 9.17) is 22.5 Å². The maximum atomic E-state index is 6.04. The van der Waals surface area contributed by atoms with Crippen LogP contribution in [0.2, 0.25) is 5.02 Å². The van der Waals surface area contributed by atoms with Crippen LogP contribution in [0.25, 0.3) is 11.4 Å². The summed E-state index contributed by atoms with van der Waals surface area (Å²) in [6.07, 6.45) is 6.37. The Morgan fingerprint density at radius 2 is 2.29 bits per heavy atom. The van der Waals surface area contributed by atoms with Crippen molar-refractivity contribution in [2.45, 2.75) is 19.8 Å². The molecule has 2 rings (SSSR count). The molecule has 0 saturated carbocycles. The molecule has 0 atom stereocenters. The molecule has 0 aliphatic heterocycles. The summed E-state index contributed by atoms with van der Waals surface area (Å²) < 4.78 is 5.12. The van der Waals surface area contributed by atoms with E-state index in [2.05, 4.69) is 16.1 Å². The van der Waals surface area contributed by atoms with Gasteiger partial charge in [0.05, 0.1) is 0 Å². The molecule has 1 heterocycles. The average molecular weight is 247 g/mol. The van der Waals surface area contributed by atoms with Crippen LogP contribution in [0.1, 0.15) is 17.9 Å². The van der Waals surface area contributed by atoms with Gasteiger partial charge in [-0.25, -0.2) is 0 Å². The number of nitrogens with zero attached hydrogens (tertiary/aromatic N) is 2. The van der Waals surface area contributed by atoms with Crippen molar-refractivity contribution < 1.29 is 4.52 Å². The number of hydrogen-bond donors (Lipinski definition) is 0. The second-order valence-corrected chi connectivity index (χ2v) is 4.04. The highest BCUT2D eigenvalue weighted by atomic mass is 35.5. The van der Waals surface area contributed by atoms with Crippen LogP contribution in [0.5, 0.6) is 0 Å². The van der Waals surface area contributed by atoms with E-state index in [-0.39, 0.29) is 0 Å². The van der Waals surface area contributed by atoms with Crippen LogP contribution >= 0.6 is 11.6 Å². The Bertz CT molecular complexity index is 569. The van der Waals surface area contributed by atoms with Crippen molar-refractivity contribution in [3.8, 4) is 23.7 Å². The third-order valence-electron chi connectivity index (χ3n) is 2.46. The van der Waals surface area contributed by atoms with Gasteiger partial charge in [-0.05, 0) is 18.6 Å². The molecule has 3 nitrogen and oxygen atoms in total. The standard InChI is InChI=1S/C13H11ClN2O/c1-3-4-8-12-15-13(16-17-12)10-6-5-7-11(14)9(10)2/h1,5-7H,4,8H2,2H3. The molecule has 0 amide bonds. The van der Waals surface area contributed by atoms with Crippen molar-refractivity contribution in [1.29, 1.82) is 0 Å².